The van der Waals surface area contributed by atoms with E-state index in [1.54, 1.807) is 0 Å². The molecular weight excluding hydrogens is 475 g/mol. The molecule has 1 unspecified atom stereocenters. The van der Waals surface area contributed by atoms with Crippen LogP contribution in [0.25, 0.3) is 22.1 Å². The Morgan fingerprint density at radius 2 is 1.93 bits per heavy atom. The van der Waals surface area contributed by atoms with Crippen molar-refractivity contribution in [3.05, 3.63) is 72.3 Å². The molecule has 0 spiro atoms. The van der Waals surface area contributed by atoms with E-state index >= 15 is 0 Å². The third-order valence-electron chi connectivity index (χ3n) is 5.98. The summed E-state index contributed by atoms with van der Waals surface area (Å²) in [5.74, 6) is 1.20. The van der Waals surface area contributed by atoms with Crippen molar-refractivity contribution in [3.63, 3.8) is 0 Å². The first-order valence-corrected chi connectivity index (χ1v) is 9.67. The summed E-state index contributed by atoms with van der Waals surface area (Å²) in [6.07, 6.45) is 6.53. The van der Waals surface area contributed by atoms with Crippen molar-refractivity contribution in [2.45, 2.75) is 26.3 Å². The van der Waals surface area contributed by atoms with Crippen LogP contribution in [0.4, 0.5) is 5.82 Å². The number of hydrogen-bond donors (Lipinski definition) is 1. The molecule has 29 heavy (non-hydrogen) atoms. The maximum absolute atomic E-state index is 6.08. The minimum atomic E-state index is -0.127. The normalized spacial score (nSPS) is 16.7. The van der Waals surface area contributed by atoms with Gasteiger partial charge in [0.05, 0.1) is 6.20 Å². The monoisotopic (exact) mass is 500 g/mol. The Morgan fingerprint density at radius 1 is 1.10 bits per heavy atom. The minimum absolute atomic E-state index is 0. The molecule has 0 fully saturated rings. The summed E-state index contributed by atoms with van der Waals surface area (Å²) in [7, 11) is 2.08. The Labute approximate surface area is 187 Å². The first kappa shape index (κ1) is 20.0. The molecule has 1 aromatic carbocycles. The van der Waals surface area contributed by atoms with Gasteiger partial charge in [-0.05, 0) is 51.1 Å². The van der Waals surface area contributed by atoms with E-state index in [9.17, 15) is 0 Å². The number of rotatable bonds is 3. The molecule has 1 aliphatic heterocycles. The third-order valence-corrected chi connectivity index (χ3v) is 5.98. The molecule has 0 aliphatic carbocycles. The van der Waals surface area contributed by atoms with Gasteiger partial charge < -0.3 is 33.0 Å². The second kappa shape index (κ2) is 7.18. The number of hydrogen-bond acceptors (Lipinski definition) is 3. The number of furan rings is 1. The molecule has 0 saturated carbocycles. The first-order chi connectivity index (χ1) is 13.4. The molecule has 1 N–H and O–H groups in total. The average molecular weight is 500 g/mol. The van der Waals surface area contributed by atoms with Gasteiger partial charge in [0.2, 0.25) is 5.71 Å². The van der Waals surface area contributed by atoms with Crippen molar-refractivity contribution >= 4 is 27.9 Å². The second-order valence-electron chi connectivity index (χ2n) is 8.16. The lowest BCUT2D eigenvalue weighted by Crippen LogP contribution is -3.13. The zero-order valence-corrected chi connectivity index (χ0v) is 19.3. The van der Waals surface area contributed by atoms with Gasteiger partial charge in [-0.25, -0.2) is 4.98 Å². The van der Waals surface area contributed by atoms with E-state index in [-0.39, 0.29) is 29.5 Å². The fourth-order valence-electron chi connectivity index (χ4n) is 4.28. The van der Waals surface area contributed by atoms with Crippen molar-refractivity contribution in [2.24, 2.45) is 7.05 Å². The van der Waals surface area contributed by atoms with Gasteiger partial charge in [-0.15, -0.1) is 0 Å². The summed E-state index contributed by atoms with van der Waals surface area (Å²) in [6.45, 7) is 7.48. The Morgan fingerprint density at radius 3 is 2.69 bits per heavy atom. The van der Waals surface area contributed by atoms with Crippen LogP contribution in [0.1, 0.15) is 25.1 Å². The van der Waals surface area contributed by atoms with Crippen LogP contribution in [-0.2, 0) is 12.6 Å². The number of pyridine rings is 1. The number of anilines is 1. The molecule has 4 aromatic rings. The molecule has 1 aliphatic rings. The highest BCUT2D eigenvalue weighted by Crippen LogP contribution is 2.35. The van der Waals surface area contributed by atoms with E-state index in [0.29, 0.717) is 0 Å². The molecule has 1 atom stereocenters. The average Bonchev–Trinajstić information content (AvgIpc) is 3.38. The molecule has 0 amide bonds. The highest BCUT2D eigenvalue weighted by atomic mass is 127. The summed E-state index contributed by atoms with van der Waals surface area (Å²) < 4.78 is 8.23. The van der Waals surface area contributed by atoms with Gasteiger partial charge in [0.25, 0.3) is 0 Å². The zero-order valence-electron chi connectivity index (χ0n) is 17.1. The van der Waals surface area contributed by atoms with Crippen LogP contribution >= 0.6 is 0 Å². The molecule has 6 heteroatoms. The van der Waals surface area contributed by atoms with Gasteiger partial charge >= 0.3 is 0 Å². The van der Waals surface area contributed by atoms with E-state index < -0.39 is 0 Å². The number of halogens is 1. The van der Waals surface area contributed by atoms with Crippen LogP contribution in [0.15, 0.2) is 65.5 Å². The van der Waals surface area contributed by atoms with Gasteiger partial charge in [0, 0.05) is 35.3 Å². The van der Waals surface area contributed by atoms with Crippen LogP contribution in [0, 0.1) is 6.92 Å². The topological polar surface area (TPSA) is 38.6 Å². The lowest BCUT2D eigenvalue weighted by atomic mass is 9.89. The molecule has 150 valence electrons. The quantitative estimate of drug-likeness (QED) is 0.422. The van der Waals surface area contributed by atoms with Gasteiger partial charge in [-0.2, -0.15) is 0 Å². The van der Waals surface area contributed by atoms with Crippen LogP contribution < -0.4 is 33.8 Å². The second-order valence-corrected chi connectivity index (χ2v) is 8.16. The van der Waals surface area contributed by atoms with E-state index in [4.69, 9.17) is 4.42 Å². The summed E-state index contributed by atoms with van der Waals surface area (Å²) in [5.41, 5.74) is 3.75. The Bertz CT molecular complexity index is 1220. The lowest BCUT2D eigenvalue weighted by Gasteiger charge is -2.32. The highest BCUT2D eigenvalue weighted by molar-refractivity contribution is 6.05. The number of fused-ring (bicyclic) bond motifs is 3. The maximum atomic E-state index is 6.08. The number of nitrogens with one attached hydrogen (secondary N) is 1. The Balaban J connectivity index is 0.00000205. The highest BCUT2D eigenvalue weighted by Gasteiger charge is 2.38. The van der Waals surface area contributed by atoms with E-state index in [1.807, 2.05) is 13.0 Å². The molecule has 4 heterocycles. The molecular formula is C23H25IN4O. The molecule has 0 radical (unpaired) electrons. The summed E-state index contributed by atoms with van der Waals surface area (Å²) in [6, 6.07) is 14.8. The van der Waals surface area contributed by atoms with Crippen LogP contribution in [0.5, 0.6) is 0 Å². The third kappa shape index (κ3) is 3.14. The Hall–Kier alpha value is -2.32. The van der Waals surface area contributed by atoms with Gasteiger partial charge in [0.1, 0.15) is 23.1 Å². The Kier molecular flexibility index (Phi) is 4.94. The standard InChI is InChI=1S/C23H24N4O.HI/c1-16-10-11-17-21-18(7-5-8-19(21)28-22(17)24-16)23(2,3)27-14-13-26(15-27)20-9-6-12-25(20)4;/h5-14H,15H2,1-4H3;1H. The van der Waals surface area contributed by atoms with Crippen molar-refractivity contribution < 1.29 is 33.3 Å². The molecule has 5 nitrogen and oxygen atoms in total. The van der Waals surface area contributed by atoms with E-state index in [1.165, 1.54) is 21.7 Å². The zero-order chi connectivity index (χ0) is 19.5. The largest absolute Gasteiger partial charge is 1.00 e. The van der Waals surface area contributed by atoms with Gasteiger partial charge in [-0.3, -0.25) is 9.80 Å². The predicted octanol–water partition coefficient (Wildman–Crippen LogP) is 0.701. The van der Waals surface area contributed by atoms with Crippen molar-refractivity contribution in [2.75, 3.05) is 11.6 Å². The number of aryl methyl sites for hydroxylation is 2. The van der Waals surface area contributed by atoms with Gasteiger partial charge in [-0.1, -0.05) is 12.1 Å². The predicted molar refractivity (Wildman–Crippen MR) is 112 cm³/mol. The molecule has 3 aromatic heterocycles. The number of quaternary nitrogens is 1. The number of nitrogens with zero attached hydrogens (tertiary/aromatic N) is 3. The van der Waals surface area contributed by atoms with Crippen molar-refractivity contribution in [1.29, 1.82) is 0 Å². The van der Waals surface area contributed by atoms with E-state index in [0.717, 1.165) is 29.0 Å². The van der Waals surface area contributed by atoms with Crippen molar-refractivity contribution in [3.8, 4) is 0 Å². The lowest BCUT2D eigenvalue weighted by molar-refractivity contribution is -0.902. The summed E-state index contributed by atoms with van der Waals surface area (Å²) in [4.78, 5) is 8.28. The van der Waals surface area contributed by atoms with Crippen LogP contribution in [0.2, 0.25) is 0 Å². The van der Waals surface area contributed by atoms with Gasteiger partial charge in [0.15, 0.2) is 6.67 Å². The SMILES string of the molecule is Cc1ccc2c(n1)oc1cccc(C(C)(C)[NH+]3C=CN(c4cccn4C)C3)c12.[I-]. The maximum Gasteiger partial charge on any atom is 0.227 e. The molecule has 5 rings (SSSR count). The molecule has 0 saturated heterocycles. The number of aromatic nitrogens is 2. The first-order valence-electron chi connectivity index (χ1n) is 9.67. The summed E-state index contributed by atoms with van der Waals surface area (Å²) >= 11 is 0. The minimum Gasteiger partial charge on any atom is -1.00 e. The fourth-order valence-corrected chi connectivity index (χ4v) is 4.28. The van der Waals surface area contributed by atoms with Crippen molar-refractivity contribution in [1.82, 2.24) is 9.55 Å². The van der Waals surface area contributed by atoms with E-state index in [2.05, 4.69) is 90.3 Å². The molecule has 0 bridgehead atoms. The smallest absolute Gasteiger partial charge is 0.227 e. The summed E-state index contributed by atoms with van der Waals surface area (Å²) in [5, 5.41) is 2.26. The van der Waals surface area contributed by atoms with Crippen LogP contribution in [-0.4, -0.2) is 16.2 Å². The number of benzene rings is 1. The van der Waals surface area contributed by atoms with Crippen LogP contribution in [0.3, 0.4) is 0 Å². The fraction of sp³-hybridized carbons (Fsp3) is 0.261.